The number of aromatic nitrogens is 3. The number of rotatable bonds is 6. The highest BCUT2D eigenvalue weighted by molar-refractivity contribution is 7.89. The fourth-order valence-electron chi connectivity index (χ4n) is 2.41. The number of pyridine rings is 1. The summed E-state index contributed by atoms with van der Waals surface area (Å²) in [6.07, 6.45) is -1.60. The Bertz CT molecular complexity index is 1050. The van der Waals surface area contributed by atoms with E-state index < -0.39 is 22.1 Å². The molecule has 0 spiro atoms. The molecule has 0 aliphatic heterocycles. The zero-order valence-corrected chi connectivity index (χ0v) is 15.3. The summed E-state index contributed by atoms with van der Waals surface area (Å²) in [5.41, 5.74) is 2.10. The van der Waals surface area contributed by atoms with Crippen molar-refractivity contribution in [2.45, 2.75) is 17.8 Å². The number of alkyl halides is 3. The first-order valence-electron chi connectivity index (χ1n) is 7.93. The van der Waals surface area contributed by atoms with Crippen LogP contribution in [0.15, 0.2) is 59.8 Å². The van der Waals surface area contributed by atoms with Crippen molar-refractivity contribution in [2.24, 2.45) is 7.05 Å². The van der Waals surface area contributed by atoms with E-state index in [-0.39, 0.29) is 11.4 Å². The van der Waals surface area contributed by atoms with Crippen molar-refractivity contribution < 1.29 is 26.3 Å². The minimum Gasteiger partial charge on any atom is -0.406 e. The number of ether oxygens (including phenoxy) is 1. The predicted octanol–water partition coefficient (Wildman–Crippen LogP) is 2.86. The number of hydrogen-bond donors (Lipinski definition) is 1. The fourth-order valence-corrected chi connectivity index (χ4v) is 3.41. The van der Waals surface area contributed by atoms with Crippen molar-refractivity contribution in [1.29, 1.82) is 0 Å². The molecule has 2 heterocycles. The standard InChI is InChI=1S/C17H15F3N4O3S/c1-24-13(10-16(23-24)12-6-8-21-9-7-12)11-22-28(25,26)15-4-2-14(3-5-15)27-17(18,19)20/h2-10,22H,11H2,1H3. The smallest absolute Gasteiger partial charge is 0.406 e. The third-order valence-electron chi connectivity index (χ3n) is 3.76. The van der Waals surface area contributed by atoms with Crippen molar-refractivity contribution >= 4 is 10.0 Å². The number of nitrogens with one attached hydrogen (secondary N) is 1. The normalized spacial score (nSPS) is 12.1. The Morgan fingerprint density at radius 3 is 2.36 bits per heavy atom. The Balaban J connectivity index is 1.71. The molecule has 28 heavy (non-hydrogen) atoms. The molecule has 0 saturated heterocycles. The predicted molar refractivity (Wildman–Crippen MR) is 93.6 cm³/mol. The highest BCUT2D eigenvalue weighted by atomic mass is 32.2. The Hall–Kier alpha value is -2.92. The second-order valence-electron chi connectivity index (χ2n) is 5.72. The van der Waals surface area contributed by atoms with E-state index in [2.05, 4.69) is 19.5 Å². The summed E-state index contributed by atoms with van der Waals surface area (Å²) in [6, 6.07) is 9.24. The van der Waals surface area contributed by atoms with Gasteiger partial charge in [0.15, 0.2) is 0 Å². The lowest BCUT2D eigenvalue weighted by atomic mass is 10.2. The van der Waals surface area contributed by atoms with Gasteiger partial charge in [0.2, 0.25) is 10.0 Å². The molecule has 0 atom stereocenters. The van der Waals surface area contributed by atoms with Crippen molar-refractivity contribution in [3.8, 4) is 17.0 Å². The molecule has 0 saturated carbocycles. The Morgan fingerprint density at radius 2 is 1.75 bits per heavy atom. The van der Waals surface area contributed by atoms with E-state index in [0.29, 0.717) is 11.4 Å². The lowest BCUT2D eigenvalue weighted by Crippen LogP contribution is -2.24. The van der Waals surface area contributed by atoms with Gasteiger partial charge in [-0.2, -0.15) is 5.10 Å². The Kier molecular flexibility index (Phi) is 5.38. The zero-order valence-electron chi connectivity index (χ0n) is 14.5. The van der Waals surface area contributed by atoms with Crippen molar-refractivity contribution in [3.05, 3.63) is 60.6 Å². The van der Waals surface area contributed by atoms with Gasteiger partial charge in [-0.3, -0.25) is 9.67 Å². The lowest BCUT2D eigenvalue weighted by Gasteiger charge is -2.10. The topological polar surface area (TPSA) is 86.1 Å². The summed E-state index contributed by atoms with van der Waals surface area (Å²) in [5, 5.41) is 4.33. The Labute approximate surface area is 158 Å². The van der Waals surface area contributed by atoms with Gasteiger partial charge in [0.1, 0.15) is 5.75 Å². The Morgan fingerprint density at radius 1 is 1.11 bits per heavy atom. The minimum absolute atomic E-state index is 0.0439. The highest BCUT2D eigenvalue weighted by Crippen LogP contribution is 2.24. The largest absolute Gasteiger partial charge is 0.573 e. The summed E-state index contributed by atoms with van der Waals surface area (Å²) in [4.78, 5) is 3.75. The molecular weight excluding hydrogens is 397 g/mol. The van der Waals surface area contributed by atoms with E-state index in [0.717, 1.165) is 29.8 Å². The van der Waals surface area contributed by atoms with E-state index in [1.807, 2.05) is 0 Å². The van der Waals surface area contributed by atoms with Crippen LogP contribution in [0.2, 0.25) is 0 Å². The quantitative estimate of drug-likeness (QED) is 0.673. The number of aryl methyl sites for hydroxylation is 1. The number of halogens is 3. The molecular formula is C17H15F3N4O3S. The van der Waals surface area contributed by atoms with Crippen LogP contribution >= 0.6 is 0 Å². The lowest BCUT2D eigenvalue weighted by molar-refractivity contribution is -0.274. The van der Waals surface area contributed by atoms with E-state index in [4.69, 9.17) is 0 Å². The monoisotopic (exact) mass is 412 g/mol. The van der Waals surface area contributed by atoms with E-state index in [9.17, 15) is 21.6 Å². The van der Waals surface area contributed by atoms with E-state index in [1.54, 1.807) is 42.3 Å². The minimum atomic E-state index is -4.84. The summed E-state index contributed by atoms with van der Waals surface area (Å²) >= 11 is 0. The van der Waals surface area contributed by atoms with Crippen LogP contribution in [0, 0.1) is 0 Å². The van der Waals surface area contributed by atoms with Gasteiger partial charge >= 0.3 is 6.36 Å². The van der Waals surface area contributed by atoms with Gasteiger partial charge in [-0.05, 0) is 42.5 Å². The summed E-state index contributed by atoms with van der Waals surface area (Å²) in [7, 11) is -2.25. The van der Waals surface area contributed by atoms with Crippen LogP contribution < -0.4 is 9.46 Å². The molecule has 0 radical (unpaired) electrons. The maximum atomic E-state index is 12.4. The second kappa shape index (κ2) is 7.60. The first-order chi connectivity index (χ1) is 13.1. The molecule has 0 fully saturated rings. The molecule has 0 amide bonds. The first-order valence-corrected chi connectivity index (χ1v) is 9.41. The summed E-state index contributed by atoms with van der Waals surface area (Å²) < 4.78 is 69.0. The molecule has 0 aliphatic rings. The van der Waals surface area contributed by atoms with Crippen LogP contribution in [-0.2, 0) is 23.6 Å². The average Bonchev–Trinajstić information content (AvgIpc) is 3.01. The maximum absolute atomic E-state index is 12.4. The molecule has 3 rings (SSSR count). The molecule has 148 valence electrons. The van der Waals surface area contributed by atoms with Gasteiger partial charge in [-0.25, -0.2) is 13.1 Å². The molecule has 3 aromatic rings. The molecule has 0 unspecified atom stereocenters. The van der Waals surface area contributed by atoms with Gasteiger partial charge < -0.3 is 4.74 Å². The number of nitrogens with zero attached hydrogens (tertiary/aromatic N) is 3. The van der Waals surface area contributed by atoms with Gasteiger partial charge in [-0.15, -0.1) is 13.2 Å². The maximum Gasteiger partial charge on any atom is 0.573 e. The highest BCUT2D eigenvalue weighted by Gasteiger charge is 2.31. The van der Waals surface area contributed by atoms with Gasteiger partial charge in [0, 0.05) is 25.0 Å². The molecule has 11 heteroatoms. The SMILES string of the molecule is Cn1nc(-c2ccncc2)cc1CNS(=O)(=O)c1ccc(OC(F)(F)F)cc1. The van der Waals surface area contributed by atoms with E-state index in [1.165, 1.54) is 0 Å². The molecule has 7 nitrogen and oxygen atoms in total. The van der Waals surface area contributed by atoms with E-state index >= 15 is 0 Å². The van der Waals surface area contributed by atoms with Gasteiger partial charge in [0.05, 0.1) is 22.8 Å². The third-order valence-corrected chi connectivity index (χ3v) is 5.18. The molecule has 1 N–H and O–H groups in total. The summed E-state index contributed by atoms with van der Waals surface area (Å²) in [6.45, 7) is -0.0439. The fraction of sp³-hybridized carbons (Fsp3) is 0.176. The second-order valence-corrected chi connectivity index (χ2v) is 7.49. The van der Waals surface area contributed by atoms with Crippen molar-refractivity contribution in [1.82, 2.24) is 19.5 Å². The number of sulfonamides is 1. The third kappa shape index (κ3) is 4.87. The zero-order chi connectivity index (χ0) is 20.4. The van der Waals surface area contributed by atoms with Crippen LogP contribution in [-0.4, -0.2) is 29.5 Å². The van der Waals surface area contributed by atoms with Gasteiger partial charge in [-0.1, -0.05) is 0 Å². The molecule has 2 aromatic heterocycles. The van der Waals surface area contributed by atoms with Crippen LogP contribution in [0.5, 0.6) is 5.75 Å². The van der Waals surface area contributed by atoms with Crippen LogP contribution in [0.3, 0.4) is 0 Å². The average molecular weight is 412 g/mol. The summed E-state index contributed by atoms with van der Waals surface area (Å²) in [5.74, 6) is -0.500. The van der Waals surface area contributed by atoms with Gasteiger partial charge in [0.25, 0.3) is 0 Å². The van der Waals surface area contributed by atoms with Crippen molar-refractivity contribution in [2.75, 3.05) is 0 Å². The van der Waals surface area contributed by atoms with Crippen LogP contribution in [0.4, 0.5) is 13.2 Å². The van der Waals surface area contributed by atoms with Crippen LogP contribution in [0.1, 0.15) is 5.69 Å². The molecule has 1 aromatic carbocycles. The van der Waals surface area contributed by atoms with Crippen molar-refractivity contribution in [3.63, 3.8) is 0 Å². The first kappa shape index (κ1) is 19.8. The van der Waals surface area contributed by atoms with Crippen LogP contribution in [0.25, 0.3) is 11.3 Å². The molecule has 0 bridgehead atoms. The number of hydrogen-bond acceptors (Lipinski definition) is 5. The number of benzene rings is 1. The molecule has 0 aliphatic carbocycles.